The summed E-state index contributed by atoms with van der Waals surface area (Å²) in [5.74, 6) is -0.310. The van der Waals surface area contributed by atoms with E-state index >= 15 is 0 Å². The lowest BCUT2D eigenvalue weighted by atomic mass is 10.1. The van der Waals surface area contributed by atoms with Crippen LogP contribution in [0.3, 0.4) is 0 Å². The number of halogens is 1. The lowest BCUT2D eigenvalue weighted by molar-refractivity contribution is -0.122. The topological polar surface area (TPSA) is 75.7 Å². The van der Waals surface area contributed by atoms with Gasteiger partial charge in [0.25, 0.3) is 0 Å². The molecule has 0 bridgehead atoms. The zero-order valence-electron chi connectivity index (χ0n) is 15.5. The maximum Gasteiger partial charge on any atom is 0.244 e. The monoisotopic (exact) mass is 394 g/mol. The highest BCUT2D eigenvalue weighted by Crippen LogP contribution is 2.26. The van der Waals surface area contributed by atoms with Crippen molar-refractivity contribution in [2.75, 3.05) is 17.7 Å². The number of sulfonamides is 1. The number of hydrogen-bond donors (Lipinski definition) is 1. The summed E-state index contributed by atoms with van der Waals surface area (Å²) in [5.41, 5.74) is 1.06. The summed E-state index contributed by atoms with van der Waals surface area (Å²) >= 11 is 0. The third-order valence-corrected chi connectivity index (χ3v) is 5.20. The fourth-order valence-corrected chi connectivity index (χ4v) is 3.92. The van der Waals surface area contributed by atoms with Gasteiger partial charge in [-0.05, 0) is 36.2 Å². The number of rotatable bonds is 8. The molecule has 0 spiro atoms. The molecule has 8 heteroatoms. The number of carbonyl (C=O) groups excluding carboxylic acids is 1. The van der Waals surface area contributed by atoms with Crippen LogP contribution in [0.4, 0.5) is 10.1 Å². The van der Waals surface area contributed by atoms with Crippen molar-refractivity contribution in [2.24, 2.45) is 0 Å². The lowest BCUT2D eigenvalue weighted by Gasteiger charge is -2.30. The molecule has 0 heterocycles. The number of anilines is 1. The van der Waals surface area contributed by atoms with Gasteiger partial charge in [0, 0.05) is 12.6 Å². The van der Waals surface area contributed by atoms with Gasteiger partial charge in [0.05, 0.1) is 19.1 Å². The van der Waals surface area contributed by atoms with Crippen LogP contribution in [0.1, 0.15) is 18.9 Å². The number of ether oxygens (including phenoxy) is 1. The molecule has 0 aliphatic heterocycles. The van der Waals surface area contributed by atoms with Gasteiger partial charge in [-0.1, -0.05) is 25.1 Å². The Balaban J connectivity index is 2.25. The van der Waals surface area contributed by atoms with Crippen molar-refractivity contribution in [3.8, 4) is 5.75 Å². The number of methoxy groups -OCH3 is 1. The highest BCUT2D eigenvalue weighted by molar-refractivity contribution is 7.92. The molecule has 6 nitrogen and oxygen atoms in total. The minimum absolute atomic E-state index is 0.172. The first-order chi connectivity index (χ1) is 12.8. The molecule has 27 heavy (non-hydrogen) atoms. The summed E-state index contributed by atoms with van der Waals surface area (Å²) in [6.07, 6.45) is 1.34. The van der Waals surface area contributed by atoms with E-state index < -0.39 is 22.0 Å². The van der Waals surface area contributed by atoms with Crippen LogP contribution in [-0.4, -0.2) is 33.7 Å². The smallest absolute Gasteiger partial charge is 0.244 e. The second kappa shape index (κ2) is 8.85. The summed E-state index contributed by atoms with van der Waals surface area (Å²) in [4.78, 5) is 12.7. The second-order valence-corrected chi connectivity index (χ2v) is 7.89. The molecule has 146 valence electrons. The molecule has 0 aliphatic rings. The third-order valence-electron chi connectivity index (χ3n) is 4.02. The largest absolute Gasteiger partial charge is 0.497 e. The highest BCUT2D eigenvalue weighted by Gasteiger charge is 2.31. The van der Waals surface area contributed by atoms with E-state index in [0.29, 0.717) is 17.0 Å². The van der Waals surface area contributed by atoms with Crippen LogP contribution in [-0.2, 0) is 21.4 Å². The van der Waals surface area contributed by atoms with Gasteiger partial charge in [0.2, 0.25) is 15.9 Å². The van der Waals surface area contributed by atoms with E-state index in [2.05, 4.69) is 5.32 Å². The standard InChI is InChI=1S/C19H23FN2O4S/c1-4-18(19(23)21-13-14-8-10-15(20)11-9-14)22(27(3,24)25)16-6-5-7-17(12-16)26-2/h5-12,18H,4,13H2,1-3H3,(H,21,23)/t18-/m1/s1. The molecule has 0 aromatic heterocycles. The van der Waals surface area contributed by atoms with E-state index in [0.717, 1.165) is 10.6 Å². The maximum absolute atomic E-state index is 13.0. The van der Waals surface area contributed by atoms with Crippen LogP contribution in [0.25, 0.3) is 0 Å². The zero-order valence-corrected chi connectivity index (χ0v) is 16.3. The quantitative estimate of drug-likeness (QED) is 0.747. The zero-order chi connectivity index (χ0) is 20.0. The highest BCUT2D eigenvalue weighted by atomic mass is 32.2. The van der Waals surface area contributed by atoms with Gasteiger partial charge in [-0.25, -0.2) is 12.8 Å². The van der Waals surface area contributed by atoms with Crippen LogP contribution < -0.4 is 14.4 Å². The van der Waals surface area contributed by atoms with Crippen LogP contribution >= 0.6 is 0 Å². The first kappa shape index (κ1) is 20.7. The maximum atomic E-state index is 13.0. The number of nitrogens with zero attached hydrogens (tertiary/aromatic N) is 1. The van der Waals surface area contributed by atoms with Crippen LogP contribution in [0.2, 0.25) is 0 Å². The number of hydrogen-bond acceptors (Lipinski definition) is 4. The Labute approximate surface area is 159 Å². The van der Waals surface area contributed by atoms with Gasteiger partial charge in [0.1, 0.15) is 17.6 Å². The molecule has 2 rings (SSSR count). The second-order valence-electron chi connectivity index (χ2n) is 6.03. The van der Waals surface area contributed by atoms with E-state index in [4.69, 9.17) is 4.74 Å². The average Bonchev–Trinajstić information content (AvgIpc) is 2.64. The van der Waals surface area contributed by atoms with Crippen molar-refractivity contribution < 1.29 is 22.3 Å². The van der Waals surface area contributed by atoms with E-state index in [1.165, 1.54) is 19.2 Å². The van der Waals surface area contributed by atoms with Gasteiger partial charge >= 0.3 is 0 Å². The lowest BCUT2D eigenvalue weighted by Crippen LogP contribution is -2.49. The molecule has 1 amide bonds. The molecule has 0 saturated carbocycles. The molecule has 0 unspecified atom stereocenters. The molecule has 1 N–H and O–H groups in total. The summed E-state index contributed by atoms with van der Waals surface area (Å²) in [6.45, 7) is 1.91. The predicted octanol–water partition coefficient (Wildman–Crippen LogP) is 2.70. The first-order valence-corrected chi connectivity index (χ1v) is 10.3. The molecule has 0 aliphatic carbocycles. The van der Waals surface area contributed by atoms with Crippen LogP contribution in [0.15, 0.2) is 48.5 Å². The van der Waals surface area contributed by atoms with E-state index in [1.54, 1.807) is 43.3 Å². The van der Waals surface area contributed by atoms with Crippen molar-refractivity contribution in [1.82, 2.24) is 5.32 Å². The predicted molar refractivity (Wildman–Crippen MR) is 103 cm³/mol. The number of amides is 1. The summed E-state index contributed by atoms with van der Waals surface area (Å²) in [5, 5.41) is 2.72. The Bertz CT molecular complexity index is 885. The number of benzene rings is 2. The summed E-state index contributed by atoms with van der Waals surface area (Å²) in [7, 11) is -2.24. The molecule has 0 radical (unpaired) electrons. The SMILES string of the molecule is CC[C@H](C(=O)NCc1ccc(F)cc1)N(c1cccc(OC)c1)S(C)(=O)=O. The Kier molecular flexibility index (Phi) is 6.79. The summed E-state index contributed by atoms with van der Waals surface area (Å²) in [6, 6.07) is 11.3. The van der Waals surface area contributed by atoms with Crippen molar-refractivity contribution in [2.45, 2.75) is 25.9 Å². The molecular weight excluding hydrogens is 371 g/mol. The molecule has 1 atom stereocenters. The van der Waals surface area contributed by atoms with Gasteiger partial charge in [-0.15, -0.1) is 0 Å². The summed E-state index contributed by atoms with van der Waals surface area (Å²) < 4.78 is 44.1. The molecule has 0 saturated heterocycles. The number of nitrogens with one attached hydrogen (secondary N) is 1. The molecular formula is C19H23FN2O4S. The van der Waals surface area contributed by atoms with Gasteiger partial charge in [0.15, 0.2) is 0 Å². The Morgan fingerprint density at radius 2 is 1.89 bits per heavy atom. The van der Waals surface area contributed by atoms with Crippen molar-refractivity contribution >= 4 is 21.6 Å². The minimum atomic E-state index is -3.72. The Hall–Kier alpha value is -2.61. The van der Waals surface area contributed by atoms with Crippen molar-refractivity contribution in [3.05, 3.63) is 59.9 Å². The number of carbonyl (C=O) groups is 1. The Morgan fingerprint density at radius 3 is 2.44 bits per heavy atom. The van der Waals surface area contributed by atoms with Gasteiger partial charge in [-0.3, -0.25) is 9.10 Å². The Morgan fingerprint density at radius 1 is 1.22 bits per heavy atom. The normalized spacial score (nSPS) is 12.3. The fourth-order valence-electron chi connectivity index (χ4n) is 2.72. The third kappa shape index (κ3) is 5.43. The van der Waals surface area contributed by atoms with Crippen molar-refractivity contribution in [3.63, 3.8) is 0 Å². The van der Waals surface area contributed by atoms with E-state index in [9.17, 15) is 17.6 Å². The molecule has 0 fully saturated rings. The molecule has 2 aromatic carbocycles. The van der Waals surface area contributed by atoms with Crippen molar-refractivity contribution in [1.29, 1.82) is 0 Å². The van der Waals surface area contributed by atoms with Gasteiger partial charge in [-0.2, -0.15) is 0 Å². The fraction of sp³-hybridized carbons (Fsp3) is 0.316. The van der Waals surface area contributed by atoms with E-state index in [1.807, 2.05) is 0 Å². The molecule has 2 aromatic rings. The first-order valence-electron chi connectivity index (χ1n) is 8.42. The van der Waals surface area contributed by atoms with Gasteiger partial charge < -0.3 is 10.1 Å². The van der Waals surface area contributed by atoms with Crippen LogP contribution in [0.5, 0.6) is 5.75 Å². The minimum Gasteiger partial charge on any atom is -0.497 e. The average molecular weight is 394 g/mol. The van der Waals surface area contributed by atoms with E-state index in [-0.39, 0.29) is 18.8 Å². The van der Waals surface area contributed by atoms with Crippen LogP contribution in [0, 0.1) is 5.82 Å².